The van der Waals surface area contributed by atoms with Crippen LogP contribution in [0.15, 0.2) is 0 Å². The van der Waals surface area contributed by atoms with E-state index >= 15 is 0 Å². The molecule has 0 bridgehead atoms. The van der Waals surface area contributed by atoms with E-state index in [0.29, 0.717) is 18.2 Å². The van der Waals surface area contributed by atoms with Crippen molar-refractivity contribution in [2.75, 3.05) is 19.7 Å². The summed E-state index contributed by atoms with van der Waals surface area (Å²) in [6.07, 6.45) is 11.3. The molecule has 1 aliphatic heterocycles. The maximum Gasteiger partial charge on any atom is 0.315 e. The highest BCUT2D eigenvalue weighted by Crippen LogP contribution is 2.54. The molecule has 1 saturated heterocycles. The second-order valence-electron chi connectivity index (χ2n) is 8.33. The molecule has 0 radical (unpaired) electrons. The quantitative estimate of drug-likeness (QED) is 0.812. The molecule has 5 nitrogen and oxygen atoms in total. The molecule has 2 N–H and O–H groups in total. The van der Waals surface area contributed by atoms with Gasteiger partial charge in [0.05, 0.1) is 6.10 Å². The van der Waals surface area contributed by atoms with E-state index in [1.807, 2.05) is 0 Å². The number of likely N-dealkylation sites (tertiary alicyclic amines) is 1. The van der Waals surface area contributed by atoms with E-state index in [1.165, 1.54) is 38.5 Å². The summed E-state index contributed by atoms with van der Waals surface area (Å²) < 4.78 is 5.94. The Hall–Kier alpha value is -0.810. The van der Waals surface area contributed by atoms with Gasteiger partial charge in [-0.1, -0.05) is 12.8 Å². The Bertz CT molecular complexity index is 452. The molecule has 3 aliphatic carbocycles. The van der Waals surface area contributed by atoms with Gasteiger partial charge in [-0.25, -0.2) is 4.79 Å². The number of nitrogens with one attached hydrogen (secondary N) is 2. The topological polar surface area (TPSA) is 53.6 Å². The molecule has 0 unspecified atom stereocenters. The lowest BCUT2D eigenvalue weighted by Gasteiger charge is -2.54. The number of ether oxygens (including phenoxy) is 1. The summed E-state index contributed by atoms with van der Waals surface area (Å²) in [6.45, 7) is 5.15. The van der Waals surface area contributed by atoms with E-state index < -0.39 is 0 Å². The van der Waals surface area contributed by atoms with Crippen LogP contribution in [-0.2, 0) is 4.74 Å². The number of hydrogen-bond donors (Lipinski definition) is 2. The highest BCUT2D eigenvalue weighted by Gasteiger charge is 2.57. The predicted molar refractivity (Wildman–Crippen MR) is 94.0 cm³/mol. The van der Waals surface area contributed by atoms with Crippen molar-refractivity contribution < 1.29 is 9.53 Å². The number of carbonyl (C=O) groups is 1. The minimum Gasteiger partial charge on any atom is -0.378 e. The Morgan fingerprint density at radius 3 is 2.46 bits per heavy atom. The zero-order chi connectivity index (χ0) is 16.6. The molecule has 0 aromatic heterocycles. The van der Waals surface area contributed by atoms with E-state index in [9.17, 15) is 4.79 Å². The summed E-state index contributed by atoms with van der Waals surface area (Å²) in [7, 11) is 0. The van der Waals surface area contributed by atoms with Gasteiger partial charge in [-0.2, -0.15) is 0 Å². The number of hydrogen-bond acceptors (Lipinski definition) is 3. The number of rotatable bonds is 5. The fourth-order valence-electron chi connectivity index (χ4n) is 5.32. The summed E-state index contributed by atoms with van der Waals surface area (Å²) >= 11 is 0. The van der Waals surface area contributed by atoms with Crippen molar-refractivity contribution in [2.45, 2.75) is 88.9 Å². The van der Waals surface area contributed by atoms with Crippen LogP contribution in [0.4, 0.5) is 4.79 Å². The molecular weight excluding hydrogens is 302 g/mol. The van der Waals surface area contributed by atoms with Crippen molar-refractivity contribution in [2.24, 2.45) is 5.41 Å². The van der Waals surface area contributed by atoms with Gasteiger partial charge in [-0.15, -0.1) is 0 Å². The van der Waals surface area contributed by atoms with E-state index in [-0.39, 0.29) is 11.4 Å². The highest BCUT2D eigenvalue weighted by molar-refractivity contribution is 5.75. The minimum atomic E-state index is 0.0473. The summed E-state index contributed by atoms with van der Waals surface area (Å²) in [5.41, 5.74) is 0.225. The van der Waals surface area contributed by atoms with Crippen molar-refractivity contribution in [3.05, 3.63) is 0 Å². The summed E-state index contributed by atoms with van der Waals surface area (Å²) in [5.74, 6) is 0. The second kappa shape index (κ2) is 6.83. The zero-order valence-electron chi connectivity index (χ0n) is 15.1. The van der Waals surface area contributed by atoms with Crippen LogP contribution in [0.5, 0.6) is 0 Å². The third-order valence-electron chi connectivity index (χ3n) is 6.92. The van der Waals surface area contributed by atoms with Crippen LogP contribution < -0.4 is 10.6 Å². The standard InChI is InChI=1S/C19H33N3O2/c1-2-24-17-13-16(19(17)9-3-4-10-19)21-18(23)20-14-7-11-22(12-8-14)15-5-6-15/h14-17H,2-13H2,1H3,(H2,20,21,23)/t16-,17+/m1/s1. The lowest BCUT2D eigenvalue weighted by Crippen LogP contribution is -2.65. The van der Waals surface area contributed by atoms with Gasteiger partial charge in [0, 0.05) is 43.2 Å². The molecule has 4 rings (SSSR count). The molecule has 1 heterocycles. The normalized spacial score (nSPS) is 33.4. The first-order valence-corrected chi connectivity index (χ1v) is 10.1. The first kappa shape index (κ1) is 16.6. The molecule has 5 heteroatoms. The summed E-state index contributed by atoms with van der Waals surface area (Å²) in [6, 6.07) is 1.56. The first-order chi connectivity index (χ1) is 11.7. The summed E-state index contributed by atoms with van der Waals surface area (Å²) in [5, 5.41) is 6.52. The third-order valence-corrected chi connectivity index (χ3v) is 6.92. The van der Waals surface area contributed by atoms with E-state index in [1.54, 1.807) is 0 Å². The fourth-order valence-corrected chi connectivity index (χ4v) is 5.32. The Kier molecular flexibility index (Phi) is 4.74. The van der Waals surface area contributed by atoms with Crippen LogP contribution >= 0.6 is 0 Å². The maximum atomic E-state index is 12.5. The molecule has 136 valence electrons. The van der Waals surface area contributed by atoms with Gasteiger partial charge in [0.1, 0.15) is 0 Å². The van der Waals surface area contributed by atoms with Gasteiger partial charge in [-0.05, 0) is 51.9 Å². The number of carbonyl (C=O) groups excluding carboxylic acids is 1. The largest absolute Gasteiger partial charge is 0.378 e. The highest BCUT2D eigenvalue weighted by atomic mass is 16.5. The van der Waals surface area contributed by atoms with Gasteiger partial charge in [0.15, 0.2) is 0 Å². The Balaban J connectivity index is 1.24. The van der Waals surface area contributed by atoms with E-state index in [4.69, 9.17) is 4.74 Å². The predicted octanol–water partition coefficient (Wildman–Crippen LogP) is 2.65. The monoisotopic (exact) mass is 335 g/mol. The zero-order valence-corrected chi connectivity index (χ0v) is 15.1. The van der Waals surface area contributed by atoms with E-state index in [2.05, 4.69) is 22.5 Å². The lowest BCUT2D eigenvalue weighted by atomic mass is 9.60. The average Bonchev–Trinajstić information content (AvgIpc) is 3.29. The van der Waals surface area contributed by atoms with Crippen LogP contribution in [-0.4, -0.2) is 54.9 Å². The molecule has 24 heavy (non-hydrogen) atoms. The molecule has 1 spiro atoms. The van der Waals surface area contributed by atoms with Gasteiger partial charge in [-0.3, -0.25) is 0 Å². The van der Waals surface area contributed by atoms with Crippen molar-refractivity contribution in [1.82, 2.24) is 15.5 Å². The van der Waals surface area contributed by atoms with Crippen molar-refractivity contribution in [1.29, 1.82) is 0 Å². The average molecular weight is 335 g/mol. The molecule has 4 fully saturated rings. The van der Waals surface area contributed by atoms with Gasteiger partial charge < -0.3 is 20.3 Å². The van der Waals surface area contributed by atoms with Crippen LogP contribution in [0, 0.1) is 5.41 Å². The van der Waals surface area contributed by atoms with Crippen LogP contribution in [0.25, 0.3) is 0 Å². The first-order valence-electron chi connectivity index (χ1n) is 10.1. The Morgan fingerprint density at radius 1 is 1.12 bits per heavy atom. The maximum absolute atomic E-state index is 12.5. The number of urea groups is 1. The fraction of sp³-hybridized carbons (Fsp3) is 0.947. The Morgan fingerprint density at radius 2 is 1.83 bits per heavy atom. The molecular formula is C19H33N3O2. The molecule has 0 aromatic rings. The third kappa shape index (κ3) is 3.17. The van der Waals surface area contributed by atoms with E-state index in [0.717, 1.165) is 45.0 Å². The SMILES string of the molecule is CCO[C@H]1C[C@@H](NC(=O)NC2CCN(C3CC3)CC2)C12CCCC2. The molecule has 2 atom stereocenters. The second-order valence-corrected chi connectivity index (χ2v) is 8.33. The molecule has 3 saturated carbocycles. The van der Waals surface area contributed by atoms with Crippen LogP contribution in [0.2, 0.25) is 0 Å². The van der Waals surface area contributed by atoms with Crippen molar-refractivity contribution in [3.8, 4) is 0 Å². The molecule has 4 aliphatic rings. The number of amides is 2. The molecule has 0 aromatic carbocycles. The van der Waals surface area contributed by atoms with Gasteiger partial charge in [0.2, 0.25) is 0 Å². The van der Waals surface area contributed by atoms with Gasteiger partial charge >= 0.3 is 6.03 Å². The number of piperidine rings is 1. The minimum absolute atomic E-state index is 0.0473. The number of nitrogens with zero attached hydrogens (tertiary/aromatic N) is 1. The van der Waals surface area contributed by atoms with Crippen LogP contribution in [0.1, 0.15) is 64.7 Å². The smallest absolute Gasteiger partial charge is 0.315 e. The van der Waals surface area contributed by atoms with Crippen LogP contribution in [0.3, 0.4) is 0 Å². The van der Waals surface area contributed by atoms with Gasteiger partial charge in [0.25, 0.3) is 0 Å². The lowest BCUT2D eigenvalue weighted by molar-refractivity contribution is -0.126. The molecule has 2 amide bonds. The summed E-state index contributed by atoms with van der Waals surface area (Å²) in [4.78, 5) is 15.1. The Labute approximate surface area is 145 Å². The van der Waals surface area contributed by atoms with Crippen molar-refractivity contribution in [3.63, 3.8) is 0 Å². The van der Waals surface area contributed by atoms with Crippen molar-refractivity contribution >= 4 is 6.03 Å².